The van der Waals surface area contributed by atoms with Gasteiger partial charge in [0, 0.05) is 12.6 Å². The van der Waals surface area contributed by atoms with Crippen LogP contribution in [-0.4, -0.2) is 41.8 Å². The first-order valence-corrected chi connectivity index (χ1v) is 6.75. The minimum atomic E-state index is -0.438. The van der Waals surface area contributed by atoms with Crippen molar-refractivity contribution in [2.75, 3.05) is 19.7 Å². The molecule has 0 bridgehead atoms. The summed E-state index contributed by atoms with van der Waals surface area (Å²) in [5.74, 6) is 0.249. The van der Waals surface area contributed by atoms with Gasteiger partial charge in [0.1, 0.15) is 6.54 Å². The maximum Gasteiger partial charge on any atom is 0.325 e. The third kappa shape index (κ3) is 3.28. The lowest BCUT2D eigenvalue weighted by atomic mass is 10.1. The van der Waals surface area contributed by atoms with E-state index in [0.29, 0.717) is 18.9 Å². The Labute approximate surface area is 117 Å². The summed E-state index contributed by atoms with van der Waals surface area (Å²) in [4.78, 5) is 25.0. The van der Waals surface area contributed by atoms with Crippen LogP contribution >= 0.6 is 0 Å². The van der Waals surface area contributed by atoms with Gasteiger partial charge in [-0.15, -0.1) is 0 Å². The van der Waals surface area contributed by atoms with Crippen LogP contribution < -0.4 is 5.32 Å². The summed E-state index contributed by atoms with van der Waals surface area (Å²) in [7, 11) is 0. The molecule has 1 aromatic heterocycles. The Bertz CT molecular complexity index is 486. The number of carbonyl (C=O) groups excluding carboxylic acids is 2. The van der Waals surface area contributed by atoms with E-state index in [1.54, 1.807) is 11.8 Å². The molecule has 2 heterocycles. The van der Waals surface area contributed by atoms with Crippen molar-refractivity contribution < 1.29 is 18.8 Å². The lowest BCUT2D eigenvalue weighted by Gasteiger charge is -2.22. The highest BCUT2D eigenvalue weighted by Gasteiger charge is 2.32. The number of hydrogen-bond acceptors (Lipinski definition) is 5. The van der Waals surface area contributed by atoms with Gasteiger partial charge in [-0.25, -0.2) is 4.79 Å². The van der Waals surface area contributed by atoms with Crippen molar-refractivity contribution in [1.29, 1.82) is 0 Å². The maximum atomic E-state index is 12.1. The molecule has 1 N–H and O–H groups in total. The van der Waals surface area contributed by atoms with E-state index in [1.807, 2.05) is 13.0 Å². The fourth-order valence-corrected chi connectivity index (χ4v) is 2.31. The topological polar surface area (TPSA) is 84.7 Å². The minimum absolute atomic E-state index is 0.113. The van der Waals surface area contributed by atoms with Gasteiger partial charge < -0.3 is 19.5 Å². The molecule has 0 saturated carbocycles. The molecule has 0 aromatic carbocycles. The van der Waals surface area contributed by atoms with Crippen LogP contribution in [0.15, 0.2) is 10.6 Å². The number of carbonyl (C=O) groups is 2. The van der Waals surface area contributed by atoms with E-state index in [-0.39, 0.29) is 18.6 Å². The van der Waals surface area contributed by atoms with Crippen LogP contribution in [0.3, 0.4) is 0 Å². The first kappa shape index (κ1) is 14.4. The number of aryl methyl sites for hydroxylation is 1. The van der Waals surface area contributed by atoms with Gasteiger partial charge in [-0.1, -0.05) is 5.16 Å². The van der Waals surface area contributed by atoms with E-state index in [4.69, 9.17) is 9.26 Å². The Hall–Kier alpha value is -2.05. The summed E-state index contributed by atoms with van der Waals surface area (Å²) in [6.45, 7) is 4.39. The second kappa shape index (κ2) is 6.40. The SMILES string of the molecule is CCOC(=O)CNC(=O)N1CCC[C@H]1c1cc(C)no1. The number of hydrogen-bond donors (Lipinski definition) is 1. The smallest absolute Gasteiger partial charge is 0.325 e. The van der Waals surface area contributed by atoms with Gasteiger partial charge in [0.2, 0.25) is 0 Å². The fraction of sp³-hybridized carbons (Fsp3) is 0.615. The quantitative estimate of drug-likeness (QED) is 0.843. The molecule has 0 unspecified atom stereocenters. The molecule has 2 amide bonds. The number of aromatic nitrogens is 1. The van der Waals surface area contributed by atoms with Gasteiger partial charge in [-0.3, -0.25) is 4.79 Å². The number of ether oxygens (including phenoxy) is 1. The van der Waals surface area contributed by atoms with Crippen molar-refractivity contribution in [1.82, 2.24) is 15.4 Å². The summed E-state index contributed by atoms with van der Waals surface area (Å²) in [5, 5.41) is 6.41. The highest BCUT2D eigenvalue weighted by molar-refractivity contribution is 5.81. The minimum Gasteiger partial charge on any atom is -0.465 e. The predicted octanol–water partition coefficient (Wildman–Crippen LogP) is 1.39. The first-order valence-electron chi connectivity index (χ1n) is 6.75. The predicted molar refractivity (Wildman–Crippen MR) is 70.0 cm³/mol. The highest BCUT2D eigenvalue weighted by atomic mass is 16.5. The molecule has 0 aliphatic carbocycles. The summed E-state index contributed by atoms with van der Waals surface area (Å²) < 4.78 is 10.00. The van der Waals surface area contributed by atoms with Gasteiger partial charge >= 0.3 is 12.0 Å². The van der Waals surface area contributed by atoms with E-state index in [1.165, 1.54) is 0 Å². The largest absolute Gasteiger partial charge is 0.465 e. The van der Waals surface area contributed by atoms with Crippen LogP contribution in [0.5, 0.6) is 0 Å². The van der Waals surface area contributed by atoms with Gasteiger partial charge in [-0.05, 0) is 26.7 Å². The molecule has 1 fully saturated rings. The molecule has 7 heteroatoms. The zero-order chi connectivity index (χ0) is 14.5. The molecule has 2 rings (SSSR count). The molecule has 1 aliphatic heterocycles. The van der Waals surface area contributed by atoms with E-state index < -0.39 is 5.97 Å². The molecule has 20 heavy (non-hydrogen) atoms. The molecular formula is C13H19N3O4. The Balaban J connectivity index is 1.93. The standard InChI is InChI=1S/C13H19N3O4/c1-3-19-12(17)8-14-13(18)16-6-4-5-10(16)11-7-9(2)15-20-11/h7,10H,3-6,8H2,1-2H3,(H,14,18)/t10-/m0/s1. The third-order valence-corrected chi connectivity index (χ3v) is 3.18. The second-order valence-electron chi connectivity index (χ2n) is 4.69. The van der Waals surface area contributed by atoms with Crippen molar-refractivity contribution in [3.8, 4) is 0 Å². The van der Waals surface area contributed by atoms with E-state index in [9.17, 15) is 9.59 Å². The average molecular weight is 281 g/mol. The molecule has 7 nitrogen and oxygen atoms in total. The van der Waals surface area contributed by atoms with E-state index >= 15 is 0 Å². The Morgan fingerprint density at radius 3 is 3.05 bits per heavy atom. The van der Waals surface area contributed by atoms with Crippen molar-refractivity contribution >= 4 is 12.0 Å². The van der Waals surface area contributed by atoms with Gasteiger partial charge in [0.25, 0.3) is 0 Å². The van der Waals surface area contributed by atoms with E-state index in [0.717, 1.165) is 18.5 Å². The molecule has 0 radical (unpaired) electrons. The summed E-state index contributed by atoms with van der Waals surface area (Å²) in [6, 6.07) is 1.44. The summed E-state index contributed by atoms with van der Waals surface area (Å²) in [5.41, 5.74) is 0.791. The van der Waals surface area contributed by atoms with Crippen LogP contribution in [0.2, 0.25) is 0 Å². The van der Waals surface area contributed by atoms with Crippen LogP contribution in [0.1, 0.15) is 37.3 Å². The van der Waals surface area contributed by atoms with Crippen molar-refractivity contribution in [2.24, 2.45) is 0 Å². The Morgan fingerprint density at radius 1 is 1.60 bits per heavy atom. The lowest BCUT2D eigenvalue weighted by Crippen LogP contribution is -2.41. The molecule has 0 spiro atoms. The fourth-order valence-electron chi connectivity index (χ4n) is 2.31. The van der Waals surface area contributed by atoms with Crippen LogP contribution in [0.4, 0.5) is 4.79 Å². The van der Waals surface area contributed by atoms with Crippen LogP contribution in [0, 0.1) is 6.92 Å². The average Bonchev–Trinajstić information content (AvgIpc) is 3.04. The maximum absolute atomic E-state index is 12.1. The molecular weight excluding hydrogens is 262 g/mol. The number of nitrogens with zero attached hydrogens (tertiary/aromatic N) is 2. The number of urea groups is 1. The normalized spacial score (nSPS) is 18.1. The Morgan fingerprint density at radius 2 is 2.40 bits per heavy atom. The van der Waals surface area contributed by atoms with E-state index in [2.05, 4.69) is 10.5 Å². The van der Waals surface area contributed by atoms with Gasteiger partial charge in [0.05, 0.1) is 18.3 Å². The molecule has 110 valence electrons. The van der Waals surface area contributed by atoms with Crippen LogP contribution in [-0.2, 0) is 9.53 Å². The highest BCUT2D eigenvalue weighted by Crippen LogP contribution is 2.32. The molecule has 1 atom stereocenters. The molecule has 1 saturated heterocycles. The van der Waals surface area contributed by atoms with Crippen molar-refractivity contribution in [3.63, 3.8) is 0 Å². The van der Waals surface area contributed by atoms with Crippen molar-refractivity contribution in [2.45, 2.75) is 32.7 Å². The first-order chi connectivity index (χ1) is 9.61. The number of likely N-dealkylation sites (tertiary alicyclic amines) is 1. The number of rotatable bonds is 4. The third-order valence-electron chi connectivity index (χ3n) is 3.18. The molecule has 1 aliphatic rings. The molecule has 1 aromatic rings. The zero-order valence-corrected chi connectivity index (χ0v) is 11.7. The van der Waals surface area contributed by atoms with Crippen LogP contribution in [0.25, 0.3) is 0 Å². The van der Waals surface area contributed by atoms with Crippen molar-refractivity contribution in [3.05, 3.63) is 17.5 Å². The number of amides is 2. The second-order valence-corrected chi connectivity index (χ2v) is 4.69. The lowest BCUT2D eigenvalue weighted by molar-refractivity contribution is -0.141. The van der Waals surface area contributed by atoms with Gasteiger partial charge in [0.15, 0.2) is 5.76 Å². The number of nitrogens with one attached hydrogen (secondary N) is 1. The zero-order valence-electron chi connectivity index (χ0n) is 11.7. The summed E-state index contributed by atoms with van der Waals surface area (Å²) in [6.07, 6.45) is 1.73. The monoisotopic (exact) mass is 281 g/mol. The Kier molecular flexibility index (Phi) is 4.60. The number of esters is 1. The van der Waals surface area contributed by atoms with Gasteiger partial charge in [-0.2, -0.15) is 0 Å². The summed E-state index contributed by atoms with van der Waals surface area (Å²) >= 11 is 0.